The smallest absolute Gasteiger partial charge is 0.269 e. The molecule has 0 aliphatic carbocycles. The van der Waals surface area contributed by atoms with E-state index in [9.17, 15) is 4.79 Å². The van der Waals surface area contributed by atoms with Gasteiger partial charge in [0.1, 0.15) is 23.7 Å². The molecule has 1 aromatic carbocycles. The van der Waals surface area contributed by atoms with Gasteiger partial charge < -0.3 is 10.1 Å². The van der Waals surface area contributed by atoms with E-state index < -0.39 is 0 Å². The van der Waals surface area contributed by atoms with Gasteiger partial charge in [-0.1, -0.05) is 12.1 Å². The predicted molar refractivity (Wildman–Crippen MR) is 74.5 cm³/mol. The highest BCUT2D eigenvalue weighted by Gasteiger charge is 2.25. The molecule has 0 spiro atoms. The van der Waals surface area contributed by atoms with Crippen LogP contribution in [0.25, 0.3) is 11.3 Å². The Labute approximate surface area is 115 Å². The van der Waals surface area contributed by atoms with Crippen LogP contribution in [0.2, 0.25) is 0 Å². The SMILES string of the molecule is O=C(NCCS)c1[nH]nc2c1COc1ccccc1-2. The van der Waals surface area contributed by atoms with Crippen molar-refractivity contribution >= 4 is 18.5 Å². The minimum atomic E-state index is -0.175. The standard InChI is InChI=1S/C13H13N3O2S/c17-13(14-5-6-19)12-9-7-18-10-4-2-1-3-8(10)11(9)15-16-12/h1-4,19H,5-7H2,(H,14,17)(H,15,16). The zero-order chi connectivity index (χ0) is 13.2. The number of amides is 1. The van der Waals surface area contributed by atoms with E-state index in [4.69, 9.17) is 4.74 Å². The summed E-state index contributed by atoms with van der Waals surface area (Å²) in [6, 6.07) is 7.67. The molecule has 2 N–H and O–H groups in total. The number of fused-ring (bicyclic) bond motifs is 3. The molecule has 0 atom stereocenters. The Hall–Kier alpha value is -1.95. The predicted octanol–water partition coefficient (Wildman–Crippen LogP) is 1.63. The number of thiol groups is 1. The molecule has 6 heteroatoms. The van der Waals surface area contributed by atoms with Gasteiger partial charge in [0.15, 0.2) is 0 Å². The van der Waals surface area contributed by atoms with Gasteiger partial charge in [-0.05, 0) is 12.1 Å². The quantitative estimate of drug-likeness (QED) is 0.746. The molecular weight excluding hydrogens is 262 g/mol. The first-order valence-corrected chi connectivity index (χ1v) is 6.63. The second-order valence-electron chi connectivity index (χ2n) is 4.19. The first-order chi connectivity index (χ1) is 9.31. The zero-order valence-electron chi connectivity index (χ0n) is 10.1. The molecule has 3 rings (SSSR count). The van der Waals surface area contributed by atoms with Crippen LogP contribution < -0.4 is 10.1 Å². The summed E-state index contributed by atoms with van der Waals surface area (Å²) in [4.78, 5) is 12.0. The minimum Gasteiger partial charge on any atom is -0.488 e. The van der Waals surface area contributed by atoms with Crippen molar-refractivity contribution in [3.05, 3.63) is 35.5 Å². The number of hydrogen-bond acceptors (Lipinski definition) is 4. The lowest BCUT2D eigenvalue weighted by Gasteiger charge is -2.16. The number of aromatic nitrogens is 2. The van der Waals surface area contributed by atoms with E-state index in [1.807, 2.05) is 24.3 Å². The summed E-state index contributed by atoms with van der Waals surface area (Å²) < 4.78 is 5.65. The molecule has 0 fully saturated rings. The number of H-pyrrole nitrogens is 1. The van der Waals surface area contributed by atoms with Crippen LogP contribution in [-0.4, -0.2) is 28.4 Å². The Morgan fingerprint density at radius 2 is 2.32 bits per heavy atom. The number of carbonyl (C=O) groups is 1. The number of rotatable bonds is 3. The summed E-state index contributed by atoms with van der Waals surface area (Å²) in [6.07, 6.45) is 0. The largest absolute Gasteiger partial charge is 0.488 e. The van der Waals surface area contributed by atoms with Crippen molar-refractivity contribution in [1.82, 2.24) is 15.5 Å². The van der Waals surface area contributed by atoms with Crippen LogP contribution >= 0.6 is 12.6 Å². The molecule has 98 valence electrons. The third-order valence-electron chi connectivity index (χ3n) is 3.01. The van der Waals surface area contributed by atoms with Crippen molar-refractivity contribution in [1.29, 1.82) is 0 Å². The van der Waals surface area contributed by atoms with E-state index in [0.29, 0.717) is 24.6 Å². The monoisotopic (exact) mass is 275 g/mol. The lowest BCUT2D eigenvalue weighted by molar-refractivity contribution is 0.0948. The van der Waals surface area contributed by atoms with Crippen molar-refractivity contribution in [3.8, 4) is 17.0 Å². The molecule has 1 amide bonds. The number of para-hydroxylation sites is 1. The van der Waals surface area contributed by atoms with Gasteiger partial charge in [-0.15, -0.1) is 0 Å². The summed E-state index contributed by atoms with van der Waals surface area (Å²) in [5.41, 5.74) is 2.97. The van der Waals surface area contributed by atoms with Crippen LogP contribution in [0.4, 0.5) is 0 Å². The van der Waals surface area contributed by atoms with Crippen LogP contribution in [0, 0.1) is 0 Å². The first kappa shape index (κ1) is 12.1. The maximum Gasteiger partial charge on any atom is 0.269 e. The van der Waals surface area contributed by atoms with Crippen molar-refractivity contribution in [2.75, 3.05) is 12.3 Å². The topological polar surface area (TPSA) is 67.0 Å². The van der Waals surface area contributed by atoms with Gasteiger partial charge in [0.2, 0.25) is 0 Å². The molecule has 0 bridgehead atoms. The van der Waals surface area contributed by atoms with Crippen molar-refractivity contribution in [3.63, 3.8) is 0 Å². The van der Waals surface area contributed by atoms with E-state index >= 15 is 0 Å². The normalized spacial score (nSPS) is 12.3. The molecule has 19 heavy (non-hydrogen) atoms. The fourth-order valence-corrected chi connectivity index (χ4v) is 2.22. The van der Waals surface area contributed by atoms with Crippen molar-refractivity contribution < 1.29 is 9.53 Å². The van der Waals surface area contributed by atoms with Gasteiger partial charge in [0, 0.05) is 23.4 Å². The first-order valence-electron chi connectivity index (χ1n) is 5.99. The Morgan fingerprint density at radius 1 is 1.47 bits per heavy atom. The summed E-state index contributed by atoms with van der Waals surface area (Å²) in [5.74, 6) is 1.22. The van der Waals surface area contributed by atoms with E-state index in [-0.39, 0.29) is 5.91 Å². The van der Waals surface area contributed by atoms with Gasteiger partial charge in [0.25, 0.3) is 5.91 Å². The number of nitrogens with zero attached hydrogens (tertiary/aromatic N) is 1. The zero-order valence-corrected chi connectivity index (χ0v) is 11.0. The van der Waals surface area contributed by atoms with Gasteiger partial charge in [-0.2, -0.15) is 17.7 Å². The molecule has 5 nitrogen and oxygen atoms in total. The lowest BCUT2D eigenvalue weighted by atomic mass is 10.0. The van der Waals surface area contributed by atoms with Crippen LogP contribution in [0.5, 0.6) is 5.75 Å². The second-order valence-corrected chi connectivity index (χ2v) is 4.64. The summed E-state index contributed by atoms with van der Waals surface area (Å²) in [5, 5.41) is 9.81. The van der Waals surface area contributed by atoms with Crippen molar-refractivity contribution in [2.45, 2.75) is 6.61 Å². The molecular formula is C13H13N3O2S. The fraction of sp³-hybridized carbons (Fsp3) is 0.231. The number of benzene rings is 1. The van der Waals surface area contributed by atoms with E-state index in [2.05, 4.69) is 28.1 Å². The van der Waals surface area contributed by atoms with Gasteiger partial charge in [-0.3, -0.25) is 9.89 Å². The highest BCUT2D eigenvalue weighted by atomic mass is 32.1. The summed E-state index contributed by atoms with van der Waals surface area (Å²) >= 11 is 4.06. The Bertz CT molecular complexity index is 624. The lowest BCUT2D eigenvalue weighted by Crippen LogP contribution is -2.27. The third-order valence-corrected chi connectivity index (χ3v) is 3.23. The molecule has 1 aliphatic heterocycles. The molecule has 0 saturated carbocycles. The second kappa shape index (κ2) is 4.97. The minimum absolute atomic E-state index is 0.175. The van der Waals surface area contributed by atoms with Gasteiger partial charge in [0.05, 0.1) is 0 Å². The molecule has 0 saturated heterocycles. The summed E-state index contributed by atoms with van der Waals surface area (Å²) in [6.45, 7) is 0.875. The number of nitrogens with one attached hydrogen (secondary N) is 2. The Kier molecular flexibility index (Phi) is 3.16. The molecule has 2 heterocycles. The molecule has 0 radical (unpaired) electrons. The number of aromatic amines is 1. The molecule has 2 aromatic rings. The van der Waals surface area contributed by atoms with E-state index in [1.54, 1.807) is 0 Å². The highest BCUT2D eigenvalue weighted by Crippen LogP contribution is 2.36. The fourth-order valence-electron chi connectivity index (χ4n) is 2.11. The summed E-state index contributed by atoms with van der Waals surface area (Å²) in [7, 11) is 0. The average Bonchev–Trinajstić information content (AvgIpc) is 2.89. The van der Waals surface area contributed by atoms with Gasteiger partial charge in [-0.25, -0.2) is 0 Å². The number of ether oxygens (including phenoxy) is 1. The maximum absolute atomic E-state index is 12.0. The van der Waals surface area contributed by atoms with Gasteiger partial charge >= 0.3 is 0 Å². The Balaban J connectivity index is 1.97. The van der Waals surface area contributed by atoms with E-state index in [0.717, 1.165) is 22.6 Å². The highest BCUT2D eigenvalue weighted by molar-refractivity contribution is 7.80. The van der Waals surface area contributed by atoms with E-state index in [1.165, 1.54) is 0 Å². The van der Waals surface area contributed by atoms with Crippen LogP contribution in [0.3, 0.4) is 0 Å². The molecule has 1 aliphatic rings. The van der Waals surface area contributed by atoms with Crippen LogP contribution in [-0.2, 0) is 6.61 Å². The van der Waals surface area contributed by atoms with Crippen LogP contribution in [0.15, 0.2) is 24.3 Å². The maximum atomic E-state index is 12.0. The van der Waals surface area contributed by atoms with Crippen molar-refractivity contribution in [2.24, 2.45) is 0 Å². The number of hydrogen-bond donors (Lipinski definition) is 3. The third kappa shape index (κ3) is 2.08. The average molecular weight is 275 g/mol. The molecule has 0 unspecified atom stereocenters. The molecule has 1 aromatic heterocycles. The Morgan fingerprint density at radius 3 is 3.16 bits per heavy atom. The van der Waals surface area contributed by atoms with Crippen LogP contribution in [0.1, 0.15) is 16.1 Å². The number of carbonyl (C=O) groups excluding carboxylic acids is 1.